The molecule has 2 atom stereocenters. The normalized spacial score (nSPS) is 16.6. The van der Waals surface area contributed by atoms with Crippen molar-refractivity contribution in [1.29, 1.82) is 0 Å². The number of nitrogens with zero attached hydrogens (tertiary/aromatic N) is 2. The van der Waals surface area contributed by atoms with Crippen LogP contribution in [0.4, 0.5) is 0 Å². The molecule has 0 aromatic rings. The molecule has 13 heavy (non-hydrogen) atoms. The highest BCUT2D eigenvalue weighted by Gasteiger charge is 2.16. The van der Waals surface area contributed by atoms with E-state index >= 15 is 0 Å². The Hall–Kier alpha value is -0.0800. The number of hydrogen-bond acceptors (Lipinski definition) is 2. The van der Waals surface area contributed by atoms with E-state index < -0.39 is 0 Å². The minimum Gasteiger partial charge on any atom is -0.306 e. The molecule has 0 aromatic heterocycles. The van der Waals surface area contributed by atoms with Crippen molar-refractivity contribution in [3.63, 3.8) is 0 Å². The lowest BCUT2D eigenvalue weighted by Crippen LogP contribution is -2.39. The molecule has 0 aliphatic rings. The lowest BCUT2D eigenvalue weighted by atomic mass is 10.0. The average molecular weight is 186 g/mol. The van der Waals surface area contributed by atoms with Gasteiger partial charge in [-0.25, -0.2) is 0 Å². The van der Waals surface area contributed by atoms with Crippen LogP contribution >= 0.6 is 0 Å². The zero-order valence-electron chi connectivity index (χ0n) is 10.2. The van der Waals surface area contributed by atoms with Gasteiger partial charge in [0, 0.05) is 12.6 Å². The third-order valence-electron chi connectivity index (χ3n) is 3.16. The fraction of sp³-hybridized carbons (Fsp3) is 1.00. The van der Waals surface area contributed by atoms with Crippen molar-refractivity contribution in [2.75, 3.05) is 33.7 Å². The topological polar surface area (TPSA) is 6.48 Å². The van der Waals surface area contributed by atoms with Gasteiger partial charge in [0.2, 0.25) is 0 Å². The first-order chi connectivity index (χ1) is 6.02. The van der Waals surface area contributed by atoms with Gasteiger partial charge in [0.05, 0.1) is 0 Å². The maximum Gasteiger partial charge on any atom is 0.0102 e. The van der Waals surface area contributed by atoms with Gasteiger partial charge in [0.25, 0.3) is 0 Å². The van der Waals surface area contributed by atoms with Gasteiger partial charge in [0.1, 0.15) is 0 Å². The zero-order chi connectivity index (χ0) is 10.4. The molecule has 0 spiro atoms. The molecule has 2 heteroatoms. The number of hydrogen-bond donors (Lipinski definition) is 0. The van der Waals surface area contributed by atoms with Crippen LogP contribution in [0.1, 0.15) is 27.7 Å². The smallest absolute Gasteiger partial charge is 0.0102 e. The second kappa shape index (κ2) is 6.39. The summed E-state index contributed by atoms with van der Waals surface area (Å²) in [5.41, 5.74) is 0. The predicted molar refractivity (Wildman–Crippen MR) is 60.1 cm³/mol. The van der Waals surface area contributed by atoms with Crippen molar-refractivity contribution >= 4 is 0 Å². The highest BCUT2D eigenvalue weighted by atomic mass is 15.1. The summed E-state index contributed by atoms with van der Waals surface area (Å²) in [6, 6.07) is 0.680. The summed E-state index contributed by atoms with van der Waals surface area (Å²) in [5.74, 6) is 0.745. The Labute approximate surface area is 83.9 Å². The Balaban J connectivity index is 3.87. The van der Waals surface area contributed by atoms with Crippen LogP contribution in [0.5, 0.6) is 0 Å². The zero-order valence-corrected chi connectivity index (χ0v) is 10.2. The van der Waals surface area contributed by atoms with E-state index in [0.717, 1.165) is 19.0 Å². The van der Waals surface area contributed by atoms with Crippen molar-refractivity contribution in [2.45, 2.75) is 33.7 Å². The minimum absolute atomic E-state index is 0.680. The van der Waals surface area contributed by atoms with Crippen molar-refractivity contribution in [1.82, 2.24) is 9.80 Å². The molecule has 0 radical (unpaired) electrons. The molecule has 0 N–H and O–H groups in total. The summed E-state index contributed by atoms with van der Waals surface area (Å²) >= 11 is 0. The molecule has 2 unspecified atom stereocenters. The second-order valence-electron chi connectivity index (χ2n) is 4.15. The maximum atomic E-state index is 2.41. The summed E-state index contributed by atoms with van der Waals surface area (Å²) in [4.78, 5) is 4.79. The average Bonchev–Trinajstić information content (AvgIpc) is 2.14. The van der Waals surface area contributed by atoms with Gasteiger partial charge in [-0.3, -0.25) is 0 Å². The Kier molecular flexibility index (Phi) is 6.35. The summed E-state index contributed by atoms with van der Waals surface area (Å²) in [6.45, 7) is 12.6. The molecular formula is C11H26N2. The van der Waals surface area contributed by atoms with Gasteiger partial charge in [-0.1, -0.05) is 20.8 Å². The summed E-state index contributed by atoms with van der Waals surface area (Å²) in [6.07, 6.45) is 0. The summed E-state index contributed by atoms with van der Waals surface area (Å²) in [5, 5.41) is 0. The first kappa shape index (κ1) is 12.9. The SMILES string of the molecule is CCN(C)CC(C)C(C)N(C)CC. The minimum atomic E-state index is 0.680. The molecule has 0 fully saturated rings. The van der Waals surface area contributed by atoms with Crippen LogP contribution in [0.3, 0.4) is 0 Å². The molecule has 0 aliphatic heterocycles. The van der Waals surface area contributed by atoms with Crippen molar-refractivity contribution in [2.24, 2.45) is 5.92 Å². The molecule has 0 saturated carbocycles. The number of rotatable bonds is 6. The van der Waals surface area contributed by atoms with Crippen molar-refractivity contribution in [3.05, 3.63) is 0 Å². The van der Waals surface area contributed by atoms with E-state index in [0.29, 0.717) is 6.04 Å². The quantitative estimate of drug-likeness (QED) is 0.625. The van der Waals surface area contributed by atoms with Crippen LogP contribution in [0.25, 0.3) is 0 Å². The van der Waals surface area contributed by atoms with E-state index in [4.69, 9.17) is 0 Å². The van der Waals surface area contributed by atoms with E-state index in [2.05, 4.69) is 51.6 Å². The van der Waals surface area contributed by atoms with E-state index in [1.807, 2.05) is 0 Å². The fourth-order valence-electron chi connectivity index (χ4n) is 1.50. The molecule has 0 saturated heterocycles. The second-order valence-corrected chi connectivity index (χ2v) is 4.15. The lowest BCUT2D eigenvalue weighted by Gasteiger charge is -2.31. The highest BCUT2D eigenvalue weighted by Crippen LogP contribution is 2.09. The molecule has 0 rings (SSSR count). The third-order valence-corrected chi connectivity index (χ3v) is 3.16. The van der Waals surface area contributed by atoms with Crippen LogP contribution in [0, 0.1) is 5.92 Å². The summed E-state index contributed by atoms with van der Waals surface area (Å²) in [7, 11) is 4.39. The van der Waals surface area contributed by atoms with Gasteiger partial charge in [0.15, 0.2) is 0 Å². The molecule has 0 bridgehead atoms. The van der Waals surface area contributed by atoms with E-state index in [1.165, 1.54) is 6.54 Å². The Morgan fingerprint density at radius 3 is 1.92 bits per heavy atom. The Morgan fingerprint density at radius 1 is 1.00 bits per heavy atom. The van der Waals surface area contributed by atoms with Crippen LogP contribution in [0.15, 0.2) is 0 Å². The first-order valence-corrected chi connectivity index (χ1v) is 5.41. The fourth-order valence-corrected chi connectivity index (χ4v) is 1.50. The van der Waals surface area contributed by atoms with Gasteiger partial charge in [-0.2, -0.15) is 0 Å². The van der Waals surface area contributed by atoms with Crippen LogP contribution in [-0.4, -0.2) is 49.6 Å². The van der Waals surface area contributed by atoms with Crippen LogP contribution in [0.2, 0.25) is 0 Å². The van der Waals surface area contributed by atoms with Gasteiger partial charge < -0.3 is 9.80 Å². The molecule has 2 nitrogen and oxygen atoms in total. The Bertz CT molecular complexity index is 125. The molecule has 80 valence electrons. The van der Waals surface area contributed by atoms with Gasteiger partial charge in [-0.15, -0.1) is 0 Å². The van der Waals surface area contributed by atoms with Crippen molar-refractivity contribution < 1.29 is 0 Å². The predicted octanol–water partition coefficient (Wildman–Crippen LogP) is 1.91. The third kappa shape index (κ3) is 4.63. The molecular weight excluding hydrogens is 160 g/mol. The highest BCUT2D eigenvalue weighted by molar-refractivity contribution is 4.71. The first-order valence-electron chi connectivity index (χ1n) is 5.41. The Morgan fingerprint density at radius 2 is 1.54 bits per heavy atom. The largest absolute Gasteiger partial charge is 0.306 e. The van der Waals surface area contributed by atoms with E-state index in [1.54, 1.807) is 0 Å². The van der Waals surface area contributed by atoms with E-state index in [-0.39, 0.29) is 0 Å². The molecule has 0 aliphatic carbocycles. The van der Waals surface area contributed by atoms with Gasteiger partial charge >= 0.3 is 0 Å². The van der Waals surface area contributed by atoms with Gasteiger partial charge in [-0.05, 0) is 40.0 Å². The van der Waals surface area contributed by atoms with Crippen molar-refractivity contribution in [3.8, 4) is 0 Å². The summed E-state index contributed by atoms with van der Waals surface area (Å²) < 4.78 is 0. The molecule has 0 amide bonds. The molecule has 0 heterocycles. The molecule has 0 aromatic carbocycles. The van der Waals surface area contributed by atoms with Crippen LogP contribution in [-0.2, 0) is 0 Å². The monoisotopic (exact) mass is 186 g/mol. The lowest BCUT2D eigenvalue weighted by molar-refractivity contribution is 0.171. The standard InChI is InChI=1S/C11H26N2/c1-7-12(5)9-10(3)11(4)13(6)8-2/h10-11H,7-9H2,1-6H3. The maximum absolute atomic E-state index is 2.41. The van der Waals surface area contributed by atoms with E-state index in [9.17, 15) is 0 Å². The van der Waals surface area contributed by atoms with Crippen LogP contribution < -0.4 is 0 Å².